The molecule has 2 aromatic rings. The second-order valence-corrected chi connectivity index (χ2v) is 4.53. The molecule has 84 valence electrons. The number of nitrogens with two attached hydrogens (primary N) is 1. The summed E-state index contributed by atoms with van der Waals surface area (Å²) in [7, 11) is 1.66. The van der Waals surface area contributed by atoms with Crippen LogP contribution in [-0.2, 0) is 5.54 Å². The van der Waals surface area contributed by atoms with Gasteiger partial charge in [0.15, 0.2) is 11.3 Å². The number of fused-ring (bicyclic) bond motifs is 1. The number of furan rings is 1. The molecule has 0 unspecified atom stereocenters. The summed E-state index contributed by atoms with van der Waals surface area (Å²) in [6.45, 7) is 0. The second kappa shape index (κ2) is 3.25. The predicted molar refractivity (Wildman–Crippen MR) is 62.5 cm³/mol. The van der Waals surface area contributed by atoms with Crippen molar-refractivity contribution in [2.45, 2.75) is 24.8 Å². The molecule has 0 bridgehead atoms. The molecule has 3 nitrogen and oxygen atoms in total. The molecule has 1 saturated carbocycles. The van der Waals surface area contributed by atoms with E-state index in [1.165, 1.54) is 6.42 Å². The third-order valence-electron chi connectivity index (χ3n) is 3.56. The van der Waals surface area contributed by atoms with Crippen molar-refractivity contribution in [1.29, 1.82) is 0 Å². The first-order chi connectivity index (χ1) is 7.73. The monoisotopic (exact) mass is 217 g/mol. The van der Waals surface area contributed by atoms with Crippen LogP contribution in [0.25, 0.3) is 11.0 Å². The SMILES string of the molecule is COc1cc(C2(N)CCC2)cc2ccoc12. The van der Waals surface area contributed by atoms with Gasteiger partial charge in [0.1, 0.15) is 0 Å². The molecule has 0 aliphatic heterocycles. The van der Waals surface area contributed by atoms with Crippen LogP contribution in [0.5, 0.6) is 5.75 Å². The van der Waals surface area contributed by atoms with Crippen LogP contribution >= 0.6 is 0 Å². The van der Waals surface area contributed by atoms with E-state index in [1.54, 1.807) is 13.4 Å². The van der Waals surface area contributed by atoms with Crippen molar-refractivity contribution in [3.63, 3.8) is 0 Å². The number of hydrogen-bond donors (Lipinski definition) is 1. The number of benzene rings is 1. The molecule has 0 amide bonds. The van der Waals surface area contributed by atoms with Crippen molar-refractivity contribution in [2.24, 2.45) is 5.73 Å². The Balaban J connectivity index is 2.18. The summed E-state index contributed by atoms with van der Waals surface area (Å²) in [6, 6.07) is 6.06. The highest BCUT2D eigenvalue weighted by Gasteiger charge is 2.35. The Morgan fingerprint density at radius 3 is 2.81 bits per heavy atom. The lowest BCUT2D eigenvalue weighted by Crippen LogP contribution is -2.43. The van der Waals surface area contributed by atoms with Crippen molar-refractivity contribution >= 4 is 11.0 Å². The molecule has 1 aromatic carbocycles. The summed E-state index contributed by atoms with van der Waals surface area (Å²) >= 11 is 0. The quantitative estimate of drug-likeness (QED) is 0.841. The van der Waals surface area contributed by atoms with E-state index in [0.29, 0.717) is 0 Å². The average molecular weight is 217 g/mol. The highest BCUT2D eigenvalue weighted by molar-refractivity contribution is 5.84. The van der Waals surface area contributed by atoms with Gasteiger partial charge in [0.2, 0.25) is 0 Å². The Morgan fingerprint density at radius 1 is 1.38 bits per heavy atom. The predicted octanol–water partition coefficient (Wildman–Crippen LogP) is 2.78. The molecule has 0 spiro atoms. The van der Waals surface area contributed by atoms with Crippen LogP contribution in [0, 0.1) is 0 Å². The molecule has 1 aliphatic rings. The molecule has 0 atom stereocenters. The van der Waals surface area contributed by atoms with E-state index in [9.17, 15) is 0 Å². The minimum Gasteiger partial charge on any atom is -0.493 e. The molecular formula is C13H15NO2. The normalized spacial score (nSPS) is 18.4. The van der Waals surface area contributed by atoms with Gasteiger partial charge in [0.25, 0.3) is 0 Å². The molecule has 2 N–H and O–H groups in total. The zero-order chi connectivity index (χ0) is 11.2. The largest absolute Gasteiger partial charge is 0.493 e. The highest BCUT2D eigenvalue weighted by atomic mass is 16.5. The molecule has 16 heavy (non-hydrogen) atoms. The number of ether oxygens (including phenoxy) is 1. The van der Waals surface area contributed by atoms with Gasteiger partial charge >= 0.3 is 0 Å². The second-order valence-electron chi connectivity index (χ2n) is 4.53. The minimum atomic E-state index is -0.154. The molecule has 3 heteroatoms. The summed E-state index contributed by atoms with van der Waals surface area (Å²) in [4.78, 5) is 0. The van der Waals surface area contributed by atoms with Crippen molar-refractivity contribution in [3.05, 3.63) is 30.0 Å². The van der Waals surface area contributed by atoms with Crippen molar-refractivity contribution in [2.75, 3.05) is 7.11 Å². The van der Waals surface area contributed by atoms with E-state index in [0.717, 1.165) is 35.1 Å². The summed E-state index contributed by atoms with van der Waals surface area (Å²) in [5, 5.41) is 1.06. The van der Waals surface area contributed by atoms with E-state index < -0.39 is 0 Å². The summed E-state index contributed by atoms with van der Waals surface area (Å²) in [6.07, 6.45) is 5.00. The fourth-order valence-electron chi connectivity index (χ4n) is 2.33. The third-order valence-corrected chi connectivity index (χ3v) is 3.56. The first kappa shape index (κ1) is 9.73. The van der Waals surface area contributed by atoms with Crippen LogP contribution in [0.2, 0.25) is 0 Å². The lowest BCUT2D eigenvalue weighted by atomic mass is 9.72. The van der Waals surface area contributed by atoms with E-state index in [2.05, 4.69) is 6.07 Å². The Bertz CT molecular complexity index is 526. The third kappa shape index (κ3) is 1.25. The first-order valence-electron chi connectivity index (χ1n) is 5.57. The maximum atomic E-state index is 6.32. The summed E-state index contributed by atoms with van der Waals surface area (Å²) in [5.74, 6) is 0.772. The lowest BCUT2D eigenvalue weighted by Gasteiger charge is -2.38. The van der Waals surface area contributed by atoms with Gasteiger partial charge in [-0.2, -0.15) is 0 Å². The lowest BCUT2D eigenvalue weighted by molar-refractivity contribution is 0.253. The summed E-state index contributed by atoms with van der Waals surface area (Å²) in [5.41, 5.74) is 8.12. The van der Waals surface area contributed by atoms with Gasteiger partial charge in [-0.1, -0.05) is 0 Å². The maximum Gasteiger partial charge on any atom is 0.175 e. The van der Waals surface area contributed by atoms with Gasteiger partial charge in [-0.15, -0.1) is 0 Å². The van der Waals surface area contributed by atoms with Crippen LogP contribution in [0.4, 0.5) is 0 Å². The highest BCUT2D eigenvalue weighted by Crippen LogP contribution is 2.41. The van der Waals surface area contributed by atoms with Crippen LogP contribution < -0.4 is 10.5 Å². The topological polar surface area (TPSA) is 48.4 Å². The number of hydrogen-bond acceptors (Lipinski definition) is 3. The van der Waals surface area contributed by atoms with E-state index >= 15 is 0 Å². The standard InChI is InChI=1S/C13H15NO2/c1-15-11-8-10(13(14)4-2-5-13)7-9-3-6-16-12(9)11/h3,6-8H,2,4-5,14H2,1H3. The van der Waals surface area contributed by atoms with Gasteiger partial charge in [-0.3, -0.25) is 0 Å². The van der Waals surface area contributed by atoms with Crippen LogP contribution in [0.15, 0.2) is 28.9 Å². The smallest absolute Gasteiger partial charge is 0.175 e. The van der Waals surface area contributed by atoms with Gasteiger partial charge in [-0.25, -0.2) is 0 Å². The van der Waals surface area contributed by atoms with Gasteiger partial charge < -0.3 is 14.9 Å². The first-order valence-corrected chi connectivity index (χ1v) is 5.57. The van der Waals surface area contributed by atoms with Gasteiger partial charge in [-0.05, 0) is 43.0 Å². The van der Waals surface area contributed by atoms with E-state index in [-0.39, 0.29) is 5.54 Å². The summed E-state index contributed by atoms with van der Waals surface area (Å²) < 4.78 is 10.7. The molecule has 3 rings (SSSR count). The fraction of sp³-hybridized carbons (Fsp3) is 0.385. The molecule has 1 heterocycles. The average Bonchev–Trinajstić information content (AvgIpc) is 2.72. The van der Waals surface area contributed by atoms with Crippen molar-refractivity contribution in [1.82, 2.24) is 0 Å². The van der Waals surface area contributed by atoms with E-state index in [1.807, 2.05) is 12.1 Å². The molecule has 0 saturated heterocycles. The van der Waals surface area contributed by atoms with Crippen LogP contribution in [0.1, 0.15) is 24.8 Å². The maximum absolute atomic E-state index is 6.32. The molecule has 1 aromatic heterocycles. The van der Waals surface area contributed by atoms with Crippen LogP contribution in [-0.4, -0.2) is 7.11 Å². The van der Waals surface area contributed by atoms with Crippen molar-refractivity contribution in [3.8, 4) is 5.75 Å². The van der Waals surface area contributed by atoms with E-state index in [4.69, 9.17) is 14.9 Å². The van der Waals surface area contributed by atoms with Gasteiger partial charge in [0, 0.05) is 10.9 Å². The van der Waals surface area contributed by atoms with Gasteiger partial charge in [0.05, 0.1) is 13.4 Å². The fourth-order valence-corrected chi connectivity index (χ4v) is 2.33. The molecule has 1 aliphatic carbocycles. The number of methoxy groups -OCH3 is 1. The zero-order valence-corrected chi connectivity index (χ0v) is 9.32. The Labute approximate surface area is 94.2 Å². The number of rotatable bonds is 2. The zero-order valence-electron chi connectivity index (χ0n) is 9.32. The molecular weight excluding hydrogens is 202 g/mol. The van der Waals surface area contributed by atoms with Crippen molar-refractivity contribution < 1.29 is 9.15 Å². The Kier molecular flexibility index (Phi) is 1.98. The van der Waals surface area contributed by atoms with Crippen LogP contribution in [0.3, 0.4) is 0 Å². The molecule has 1 fully saturated rings. The molecule has 0 radical (unpaired) electrons. The Morgan fingerprint density at radius 2 is 2.19 bits per heavy atom. The Hall–Kier alpha value is -1.48. The minimum absolute atomic E-state index is 0.154.